The predicted molar refractivity (Wildman–Crippen MR) is 86.6 cm³/mol. The second kappa shape index (κ2) is 5.29. The Morgan fingerprint density at radius 3 is 2.14 bits per heavy atom. The van der Waals surface area contributed by atoms with Crippen molar-refractivity contribution < 1.29 is 8.42 Å². The standard InChI is InChI=1S/C16H26N2O2S/c1-11-8-14(17)9-12(2)15(11)21(19,20)18-7-6-13(10-18)16(3,4)5/h8-9,13H,6-7,10,17H2,1-5H3. The van der Waals surface area contributed by atoms with Crippen molar-refractivity contribution >= 4 is 15.7 Å². The predicted octanol–water partition coefficient (Wildman–Crippen LogP) is 2.94. The lowest BCUT2D eigenvalue weighted by molar-refractivity contribution is 0.252. The molecule has 1 aliphatic rings. The van der Waals surface area contributed by atoms with Gasteiger partial charge in [-0.1, -0.05) is 20.8 Å². The molecule has 1 unspecified atom stereocenters. The van der Waals surface area contributed by atoms with Crippen LogP contribution in [0.1, 0.15) is 38.3 Å². The highest BCUT2D eigenvalue weighted by Crippen LogP contribution is 2.37. The lowest BCUT2D eigenvalue weighted by Gasteiger charge is -2.27. The van der Waals surface area contributed by atoms with Crippen LogP contribution in [0, 0.1) is 25.2 Å². The lowest BCUT2D eigenvalue weighted by atomic mass is 9.80. The van der Waals surface area contributed by atoms with Gasteiger partial charge in [0, 0.05) is 18.8 Å². The highest BCUT2D eigenvalue weighted by atomic mass is 32.2. The largest absolute Gasteiger partial charge is 0.399 e. The monoisotopic (exact) mass is 310 g/mol. The van der Waals surface area contributed by atoms with Gasteiger partial charge in [-0.05, 0) is 54.9 Å². The Morgan fingerprint density at radius 1 is 1.19 bits per heavy atom. The Bertz CT molecular complexity index is 622. The minimum absolute atomic E-state index is 0.134. The molecule has 1 atom stereocenters. The van der Waals surface area contributed by atoms with Crippen molar-refractivity contribution in [2.45, 2.75) is 45.9 Å². The molecule has 0 aliphatic carbocycles. The molecule has 1 aliphatic heterocycles. The zero-order chi connectivity index (χ0) is 16.0. The summed E-state index contributed by atoms with van der Waals surface area (Å²) in [7, 11) is -3.43. The molecular weight excluding hydrogens is 284 g/mol. The second-order valence-corrected chi connectivity index (χ2v) is 9.07. The summed E-state index contributed by atoms with van der Waals surface area (Å²) >= 11 is 0. The molecule has 2 N–H and O–H groups in total. The van der Waals surface area contributed by atoms with E-state index in [9.17, 15) is 8.42 Å². The molecule has 1 fully saturated rings. The van der Waals surface area contributed by atoms with Crippen molar-refractivity contribution in [2.75, 3.05) is 18.8 Å². The smallest absolute Gasteiger partial charge is 0.243 e. The molecule has 1 aromatic carbocycles. The maximum absolute atomic E-state index is 12.9. The number of anilines is 1. The molecule has 118 valence electrons. The van der Waals surface area contributed by atoms with E-state index in [1.807, 2.05) is 13.8 Å². The van der Waals surface area contributed by atoms with Gasteiger partial charge in [-0.15, -0.1) is 0 Å². The number of sulfonamides is 1. The number of aryl methyl sites for hydroxylation is 2. The first-order valence-corrected chi connectivity index (χ1v) is 8.84. The van der Waals surface area contributed by atoms with Gasteiger partial charge < -0.3 is 5.73 Å². The van der Waals surface area contributed by atoms with Crippen LogP contribution in [0.25, 0.3) is 0 Å². The molecule has 0 bridgehead atoms. The fourth-order valence-electron chi connectivity index (χ4n) is 3.17. The fourth-order valence-corrected chi connectivity index (χ4v) is 5.08. The molecule has 1 saturated heterocycles. The maximum atomic E-state index is 12.9. The summed E-state index contributed by atoms with van der Waals surface area (Å²) in [4.78, 5) is 0.422. The van der Waals surface area contributed by atoms with E-state index >= 15 is 0 Å². The van der Waals surface area contributed by atoms with E-state index in [4.69, 9.17) is 5.73 Å². The topological polar surface area (TPSA) is 63.4 Å². The Labute approximate surface area is 128 Å². The van der Waals surface area contributed by atoms with Crippen molar-refractivity contribution in [3.05, 3.63) is 23.3 Å². The van der Waals surface area contributed by atoms with Gasteiger partial charge in [0.15, 0.2) is 0 Å². The number of hydrogen-bond donors (Lipinski definition) is 1. The average Bonchev–Trinajstić information content (AvgIpc) is 2.75. The summed E-state index contributed by atoms with van der Waals surface area (Å²) in [6.07, 6.45) is 0.926. The minimum atomic E-state index is -3.43. The third-order valence-electron chi connectivity index (χ3n) is 4.46. The molecule has 0 radical (unpaired) electrons. The van der Waals surface area contributed by atoms with Crippen LogP contribution in [0.5, 0.6) is 0 Å². The Balaban J connectivity index is 2.37. The van der Waals surface area contributed by atoms with Gasteiger partial charge in [0.1, 0.15) is 0 Å². The molecule has 21 heavy (non-hydrogen) atoms. The molecule has 0 aromatic heterocycles. The van der Waals surface area contributed by atoms with Crippen molar-refractivity contribution in [2.24, 2.45) is 11.3 Å². The second-order valence-electron chi connectivity index (χ2n) is 7.20. The van der Waals surface area contributed by atoms with Crippen LogP contribution in [0.2, 0.25) is 0 Å². The highest BCUT2D eigenvalue weighted by Gasteiger charge is 2.38. The van der Waals surface area contributed by atoms with E-state index in [-0.39, 0.29) is 5.41 Å². The Kier molecular flexibility index (Phi) is 4.10. The van der Waals surface area contributed by atoms with Crippen molar-refractivity contribution in [3.8, 4) is 0 Å². The van der Waals surface area contributed by atoms with Crippen molar-refractivity contribution in [1.29, 1.82) is 0 Å². The molecular formula is C16H26N2O2S. The normalized spacial score (nSPS) is 20.9. The lowest BCUT2D eigenvalue weighted by Crippen LogP contribution is -2.32. The van der Waals surface area contributed by atoms with Crippen molar-refractivity contribution in [1.82, 2.24) is 4.31 Å². The first-order chi connectivity index (χ1) is 9.53. The van der Waals surface area contributed by atoms with Crippen LogP contribution in [0.15, 0.2) is 17.0 Å². The highest BCUT2D eigenvalue weighted by molar-refractivity contribution is 7.89. The maximum Gasteiger partial charge on any atom is 0.243 e. The Morgan fingerprint density at radius 2 is 1.71 bits per heavy atom. The first kappa shape index (κ1) is 16.3. The number of nitrogens with zero attached hydrogens (tertiary/aromatic N) is 1. The van der Waals surface area contributed by atoms with Gasteiger partial charge in [0.2, 0.25) is 10.0 Å². The fraction of sp³-hybridized carbons (Fsp3) is 0.625. The van der Waals surface area contributed by atoms with E-state index in [0.29, 0.717) is 29.6 Å². The molecule has 0 amide bonds. The van der Waals surface area contributed by atoms with Crippen LogP contribution in [-0.4, -0.2) is 25.8 Å². The molecule has 5 heteroatoms. The third kappa shape index (κ3) is 3.09. The van der Waals surface area contributed by atoms with Gasteiger partial charge in [0.25, 0.3) is 0 Å². The van der Waals surface area contributed by atoms with Gasteiger partial charge in [-0.25, -0.2) is 8.42 Å². The van der Waals surface area contributed by atoms with Gasteiger partial charge in [0.05, 0.1) is 4.90 Å². The van der Waals surface area contributed by atoms with Crippen LogP contribution >= 0.6 is 0 Å². The van der Waals surface area contributed by atoms with E-state index in [0.717, 1.165) is 17.5 Å². The van der Waals surface area contributed by atoms with Crippen LogP contribution in [-0.2, 0) is 10.0 Å². The molecule has 0 saturated carbocycles. The molecule has 0 spiro atoms. The van der Waals surface area contributed by atoms with Crippen molar-refractivity contribution in [3.63, 3.8) is 0 Å². The van der Waals surface area contributed by atoms with E-state index in [1.165, 1.54) is 0 Å². The van der Waals surface area contributed by atoms with Crippen LogP contribution < -0.4 is 5.73 Å². The summed E-state index contributed by atoms with van der Waals surface area (Å²) in [5.74, 6) is 0.404. The third-order valence-corrected chi connectivity index (χ3v) is 6.63. The SMILES string of the molecule is Cc1cc(N)cc(C)c1S(=O)(=O)N1CCC(C(C)(C)C)C1. The summed E-state index contributed by atoms with van der Waals surface area (Å²) in [6.45, 7) is 11.4. The molecule has 1 aromatic rings. The number of benzene rings is 1. The van der Waals surface area contributed by atoms with Gasteiger partial charge in [-0.3, -0.25) is 0 Å². The Hall–Kier alpha value is -1.07. The molecule has 4 nitrogen and oxygen atoms in total. The molecule has 2 rings (SSSR count). The summed E-state index contributed by atoms with van der Waals surface area (Å²) in [6, 6.07) is 3.47. The van der Waals surface area contributed by atoms with Gasteiger partial charge >= 0.3 is 0 Å². The number of hydrogen-bond acceptors (Lipinski definition) is 3. The zero-order valence-corrected chi connectivity index (χ0v) is 14.4. The quantitative estimate of drug-likeness (QED) is 0.854. The van der Waals surface area contributed by atoms with E-state index < -0.39 is 10.0 Å². The number of rotatable bonds is 2. The first-order valence-electron chi connectivity index (χ1n) is 7.40. The summed E-state index contributed by atoms with van der Waals surface area (Å²) in [5, 5.41) is 0. The minimum Gasteiger partial charge on any atom is -0.399 e. The summed E-state index contributed by atoms with van der Waals surface area (Å²) in [5.41, 5.74) is 8.00. The van der Waals surface area contributed by atoms with Gasteiger partial charge in [-0.2, -0.15) is 4.31 Å². The zero-order valence-electron chi connectivity index (χ0n) is 13.6. The summed E-state index contributed by atoms with van der Waals surface area (Å²) < 4.78 is 27.5. The number of nitrogens with two attached hydrogens (primary N) is 1. The number of nitrogen functional groups attached to an aromatic ring is 1. The van der Waals surface area contributed by atoms with E-state index in [2.05, 4.69) is 20.8 Å². The molecule has 1 heterocycles. The van der Waals surface area contributed by atoms with Crippen LogP contribution in [0.3, 0.4) is 0 Å². The van der Waals surface area contributed by atoms with E-state index in [1.54, 1.807) is 16.4 Å². The van der Waals surface area contributed by atoms with Crippen LogP contribution in [0.4, 0.5) is 5.69 Å². The average molecular weight is 310 g/mol.